The van der Waals surface area contributed by atoms with Gasteiger partial charge in [-0.15, -0.1) is 0 Å². The minimum atomic E-state index is -0.286. The van der Waals surface area contributed by atoms with Gasteiger partial charge in [-0.2, -0.15) is 9.78 Å². The predicted molar refractivity (Wildman–Crippen MR) is 115 cm³/mol. The number of fused-ring (bicyclic) bond motifs is 2. The lowest BCUT2D eigenvalue weighted by Gasteiger charge is -2.39. The number of aromatic nitrogens is 2. The Morgan fingerprint density at radius 1 is 1.21 bits per heavy atom. The van der Waals surface area contributed by atoms with Gasteiger partial charge in [0.25, 0.3) is 0 Å². The molecule has 0 saturated heterocycles. The summed E-state index contributed by atoms with van der Waals surface area (Å²) in [4.78, 5) is 27.5. The van der Waals surface area contributed by atoms with E-state index in [9.17, 15) is 9.59 Å². The highest BCUT2D eigenvalue weighted by Crippen LogP contribution is 2.51. The van der Waals surface area contributed by atoms with Gasteiger partial charge in [-0.25, -0.2) is 0 Å². The Kier molecular flexibility index (Phi) is 4.41. The van der Waals surface area contributed by atoms with Crippen LogP contribution in [0.25, 0.3) is 5.57 Å². The molecule has 2 heterocycles. The Morgan fingerprint density at radius 3 is 2.45 bits per heavy atom. The Hall–Kier alpha value is -2.89. The van der Waals surface area contributed by atoms with Crippen molar-refractivity contribution in [2.24, 2.45) is 5.41 Å². The van der Waals surface area contributed by atoms with Gasteiger partial charge < -0.3 is 10.2 Å². The molecule has 1 N–H and O–H groups in total. The maximum Gasteiger partial charge on any atom is 0.245 e. The van der Waals surface area contributed by atoms with Crippen LogP contribution in [0.2, 0.25) is 0 Å². The van der Waals surface area contributed by atoms with E-state index >= 15 is 0 Å². The molecular formula is C23H28N4O2. The second-order valence-electron chi connectivity index (χ2n) is 9.14. The molecule has 0 radical (unpaired) electrons. The number of rotatable bonds is 2. The van der Waals surface area contributed by atoms with Gasteiger partial charge >= 0.3 is 0 Å². The van der Waals surface area contributed by atoms with Crippen LogP contribution >= 0.6 is 0 Å². The van der Waals surface area contributed by atoms with Crippen molar-refractivity contribution < 1.29 is 9.59 Å². The molecule has 1 aliphatic carbocycles. The van der Waals surface area contributed by atoms with Gasteiger partial charge in [-0.05, 0) is 42.0 Å². The molecule has 152 valence electrons. The number of carbonyl (C=O) groups excluding carboxylic acids is 2. The molecule has 4 rings (SSSR count). The molecule has 0 amide bonds. The van der Waals surface area contributed by atoms with Crippen molar-refractivity contribution in [3.8, 4) is 0 Å². The van der Waals surface area contributed by atoms with Gasteiger partial charge in [0.2, 0.25) is 5.91 Å². The molecule has 6 heteroatoms. The van der Waals surface area contributed by atoms with Crippen molar-refractivity contribution in [3.05, 3.63) is 46.7 Å². The van der Waals surface area contributed by atoms with Crippen LogP contribution < -0.4 is 10.2 Å². The Labute approximate surface area is 171 Å². The minimum Gasteiger partial charge on any atom is -0.378 e. The number of hydrogen-bond donors (Lipinski definition) is 1. The number of nitrogens with one attached hydrogen (secondary N) is 1. The van der Waals surface area contributed by atoms with E-state index in [0.29, 0.717) is 12.2 Å². The SMILES string of the molecule is CC(=O)n1nc(C)c2c1N[C@@H](c1ccc(N(C)C)cc1)C1=C2CC(C)(C)CC1=O. The lowest BCUT2D eigenvalue weighted by Crippen LogP contribution is -2.33. The number of ketones is 1. The summed E-state index contributed by atoms with van der Waals surface area (Å²) in [5.74, 6) is 0.723. The van der Waals surface area contributed by atoms with E-state index in [-0.39, 0.29) is 23.1 Å². The molecule has 0 unspecified atom stereocenters. The number of anilines is 2. The first kappa shape index (κ1) is 19.4. The van der Waals surface area contributed by atoms with E-state index in [1.165, 1.54) is 11.6 Å². The first-order valence-electron chi connectivity index (χ1n) is 10.00. The summed E-state index contributed by atoms with van der Waals surface area (Å²) in [7, 11) is 4.00. The quantitative estimate of drug-likeness (QED) is 0.828. The molecule has 2 aromatic rings. The standard InChI is InChI=1S/C23H28N4O2/c1-13-19-17-11-23(3,4)12-18(29)20(17)21(24-22(19)27(25-13)14(2)28)15-7-9-16(10-8-15)26(5)6/h7-10,21,24H,11-12H2,1-6H3/t21-/m0/s1. The highest BCUT2D eigenvalue weighted by atomic mass is 16.2. The van der Waals surface area contributed by atoms with Gasteiger partial charge in [0, 0.05) is 44.3 Å². The van der Waals surface area contributed by atoms with Crippen LogP contribution in [0.1, 0.15) is 61.3 Å². The summed E-state index contributed by atoms with van der Waals surface area (Å²) < 4.78 is 1.43. The first-order valence-corrected chi connectivity index (χ1v) is 10.00. The number of nitrogens with zero attached hydrogens (tertiary/aromatic N) is 3. The van der Waals surface area contributed by atoms with Gasteiger partial charge in [0.15, 0.2) is 5.78 Å². The van der Waals surface area contributed by atoms with Crippen LogP contribution in [0.4, 0.5) is 11.5 Å². The van der Waals surface area contributed by atoms with E-state index in [0.717, 1.165) is 40.1 Å². The maximum absolute atomic E-state index is 13.3. The largest absolute Gasteiger partial charge is 0.378 e. The zero-order valence-corrected chi connectivity index (χ0v) is 18.0. The molecule has 1 aliphatic heterocycles. The van der Waals surface area contributed by atoms with E-state index in [4.69, 9.17) is 0 Å². The topological polar surface area (TPSA) is 67.2 Å². The molecule has 2 aliphatic rings. The van der Waals surface area contributed by atoms with Crippen LogP contribution in [-0.4, -0.2) is 35.6 Å². The van der Waals surface area contributed by atoms with Crippen molar-refractivity contribution in [2.75, 3.05) is 24.3 Å². The summed E-state index contributed by atoms with van der Waals surface area (Å²) in [5.41, 5.74) is 5.54. The lowest BCUT2D eigenvalue weighted by molar-refractivity contribution is -0.118. The molecule has 0 fully saturated rings. The van der Waals surface area contributed by atoms with E-state index < -0.39 is 0 Å². The first-order chi connectivity index (χ1) is 13.6. The Morgan fingerprint density at radius 2 is 1.86 bits per heavy atom. The molecule has 1 atom stereocenters. The number of hydrogen-bond acceptors (Lipinski definition) is 5. The summed E-state index contributed by atoms with van der Waals surface area (Å²) in [6.45, 7) is 7.67. The third-order valence-electron chi connectivity index (χ3n) is 5.89. The zero-order valence-electron chi connectivity index (χ0n) is 18.0. The maximum atomic E-state index is 13.3. The van der Waals surface area contributed by atoms with Gasteiger partial charge in [-0.1, -0.05) is 26.0 Å². The van der Waals surface area contributed by atoms with Crippen LogP contribution in [0, 0.1) is 12.3 Å². The molecule has 1 aromatic carbocycles. The second-order valence-corrected chi connectivity index (χ2v) is 9.14. The fraction of sp³-hybridized carbons (Fsp3) is 0.435. The molecule has 1 aromatic heterocycles. The van der Waals surface area contributed by atoms with Crippen LogP contribution in [0.3, 0.4) is 0 Å². The average Bonchev–Trinajstić information content (AvgIpc) is 2.97. The number of aryl methyl sites for hydroxylation is 1. The third-order valence-corrected chi connectivity index (χ3v) is 5.89. The summed E-state index contributed by atoms with van der Waals surface area (Å²) in [5, 5.41) is 7.95. The highest BCUT2D eigenvalue weighted by molar-refractivity contribution is 6.09. The lowest BCUT2D eigenvalue weighted by atomic mass is 9.68. The van der Waals surface area contributed by atoms with Gasteiger partial charge in [0.1, 0.15) is 5.82 Å². The minimum absolute atomic E-state index is 0.116. The molecule has 6 nitrogen and oxygen atoms in total. The number of allylic oxidation sites excluding steroid dienone is 1. The summed E-state index contributed by atoms with van der Waals surface area (Å²) in [6, 6.07) is 7.93. The van der Waals surface area contributed by atoms with Gasteiger partial charge in [-0.3, -0.25) is 9.59 Å². The van der Waals surface area contributed by atoms with Crippen molar-refractivity contribution in [3.63, 3.8) is 0 Å². The monoisotopic (exact) mass is 392 g/mol. The molecule has 29 heavy (non-hydrogen) atoms. The average molecular weight is 393 g/mol. The smallest absolute Gasteiger partial charge is 0.245 e. The molecule has 0 saturated carbocycles. The van der Waals surface area contributed by atoms with Gasteiger partial charge in [0.05, 0.1) is 11.7 Å². The Balaban J connectivity index is 1.92. The van der Waals surface area contributed by atoms with E-state index in [1.54, 1.807) is 0 Å². The normalized spacial score (nSPS) is 20.1. The third kappa shape index (κ3) is 3.16. The highest BCUT2D eigenvalue weighted by Gasteiger charge is 2.42. The van der Waals surface area contributed by atoms with Crippen molar-refractivity contribution in [1.29, 1.82) is 0 Å². The van der Waals surface area contributed by atoms with E-state index in [1.807, 2.05) is 25.9 Å². The second kappa shape index (κ2) is 6.58. The van der Waals surface area contributed by atoms with E-state index in [2.05, 4.69) is 48.5 Å². The van der Waals surface area contributed by atoms with Crippen molar-refractivity contribution in [1.82, 2.24) is 9.78 Å². The fourth-order valence-corrected chi connectivity index (χ4v) is 4.57. The molecule has 0 bridgehead atoms. The number of Topliss-reactive ketones (excluding diaryl/α,β-unsaturated/α-hetero) is 1. The summed E-state index contributed by atoms with van der Waals surface area (Å²) >= 11 is 0. The number of carbonyl (C=O) groups is 2. The van der Waals surface area contributed by atoms with Crippen molar-refractivity contribution in [2.45, 2.75) is 46.6 Å². The van der Waals surface area contributed by atoms with Crippen LogP contribution in [0.15, 0.2) is 29.8 Å². The summed E-state index contributed by atoms with van der Waals surface area (Å²) in [6.07, 6.45) is 1.31. The molecule has 0 spiro atoms. The number of benzene rings is 1. The molecular weight excluding hydrogens is 364 g/mol. The fourth-order valence-electron chi connectivity index (χ4n) is 4.57. The van der Waals surface area contributed by atoms with Crippen molar-refractivity contribution >= 4 is 28.8 Å². The predicted octanol–water partition coefficient (Wildman–Crippen LogP) is 4.23. The van der Waals surface area contributed by atoms with Crippen LogP contribution in [0.5, 0.6) is 0 Å². The zero-order chi connectivity index (χ0) is 21.1. The van der Waals surface area contributed by atoms with Crippen LogP contribution in [-0.2, 0) is 4.79 Å². The Bertz CT molecular complexity index is 1040.